The van der Waals surface area contributed by atoms with E-state index in [0.717, 1.165) is 18.2 Å². The van der Waals surface area contributed by atoms with Crippen LogP contribution in [0.25, 0.3) is 10.8 Å². The van der Waals surface area contributed by atoms with Gasteiger partial charge in [-0.05, 0) is 23.9 Å². The molecule has 1 heterocycles. The van der Waals surface area contributed by atoms with Gasteiger partial charge in [-0.15, -0.1) is 0 Å². The van der Waals surface area contributed by atoms with E-state index in [1.807, 2.05) is 31.2 Å². The molecule has 1 atom stereocenters. The van der Waals surface area contributed by atoms with Crippen molar-refractivity contribution in [1.29, 1.82) is 0 Å². The summed E-state index contributed by atoms with van der Waals surface area (Å²) in [6.45, 7) is 2.00. The number of hydrogen-bond acceptors (Lipinski definition) is 3. The fraction of sp³-hybridized carbons (Fsp3) is 0.333. The molecule has 2 rings (SSSR count). The molecule has 0 spiro atoms. The number of carboxylic acid groups (broad SMARTS) is 1. The molecule has 0 fully saturated rings. The monoisotopic (exact) mass is 274 g/mol. The lowest BCUT2D eigenvalue weighted by Gasteiger charge is -2.17. The molecule has 5 nitrogen and oxygen atoms in total. The predicted molar refractivity (Wildman–Crippen MR) is 79.1 cm³/mol. The van der Waals surface area contributed by atoms with Gasteiger partial charge in [-0.3, -0.25) is 9.59 Å². The minimum absolute atomic E-state index is 0.0305. The van der Waals surface area contributed by atoms with E-state index in [2.05, 4.69) is 10.3 Å². The van der Waals surface area contributed by atoms with Gasteiger partial charge < -0.3 is 15.4 Å². The molecule has 5 heteroatoms. The van der Waals surface area contributed by atoms with Crippen molar-refractivity contribution in [2.24, 2.45) is 0 Å². The van der Waals surface area contributed by atoms with E-state index in [0.29, 0.717) is 11.2 Å². The first-order chi connectivity index (χ1) is 9.60. The minimum Gasteiger partial charge on any atom is -0.481 e. The molecule has 1 aromatic heterocycles. The third-order valence-corrected chi connectivity index (χ3v) is 3.17. The van der Waals surface area contributed by atoms with Crippen molar-refractivity contribution >= 4 is 22.6 Å². The summed E-state index contributed by atoms with van der Waals surface area (Å²) in [5, 5.41) is 13.5. The molecule has 0 saturated heterocycles. The Morgan fingerprint density at radius 3 is 2.85 bits per heavy atom. The predicted octanol–water partition coefficient (Wildman–Crippen LogP) is 2.58. The molecule has 2 aromatic rings. The summed E-state index contributed by atoms with van der Waals surface area (Å²) in [5.41, 5.74) is -0.170. The summed E-state index contributed by atoms with van der Waals surface area (Å²) >= 11 is 0. The maximum absolute atomic E-state index is 11.9. The highest BCUT2D eigenvalue weighted by atomic mass is 16.4. The van der Waals surface area contributed by atoms with Gasteiger partial charge in [-0.2, -0.15) is 0 Å². The first-order valence-corrected chi connectivity index (χ1v) is 6.70. The second-order valence-electron chi connectivity index (χ2n) is 4.83. The average Bonchev–Trinajstić information content (AvgIpc) is 2.38. The molecule has 0 amide bonds. The van der Waals surface area contributed by atoms with Gasteiger partial charge in [0.05, 0.1) is 6.42 Å². The summed E-state index contributed by atoms with van der Waals surface area (Å²) in [6, 6.07) is 8.96. The van der Waals surface area contributed by atoms with Crippen molar-refractivity contribution in [2.45, 2.75) is 32.2 Å². The highest BCUT2D eigenvalue weighted by molar-refractivity contribution is 5.83. The summed E-state index contributed by atoms with van der Waals surface area (Å²) in [7, 11) is 0. The van der Waals surface area contributed by atoms with Gasteiger partial charge in [0.15, 0.2) is 0 Å². The zero-order valence-corrected chi connectivity index (χ0v) is 11.3. The average molecular weight is 274 g/mol. The number of benzene rings is 1. The summed E-state index contributed by atoms with van der Waals surface area (Å²) in [5.74, 6) is -0.285. The van der Waals surface area contributed by atoms with Crippen LogP contribution in [0.2, 0.25) is 0 Å². The topological polar surface area (TPSA) is 82.2 Å². The largest absolute Gasteiger partial charge is 0.481 e. The lowest BCUT2D eigenvalue weighted by Crippen LogP contribution is -2.24. The molecule has 20 heavy (non-hydrogen) atoms. The zero-order chi connectivity index (χ0) is 14.5. The quantitative estimate of drug-likeness (QED) is 0.756. The van der Waals surface area contributed by atoms with Crippen molar-refractivity contribution in [3.8, 4) is 0 Å². The lowest BCUT2D eigenvalue weighted by molar-refractivity contribution is -0.137. The maximum atomic E-state index is 11.9. The standard InChI is InChI=1S/C15H18N2O3/c1-2-5-11(9-14(18)19)16-13-8-10-6-3-4-7-12(10)15(20)17-13/h3-4,6-8,11H,2,5,9H2,1H3,(H,18,19)(H2,16,17,20). The van der Waals surface area contributed by atoms with E-state index in [1.54, 1.807) is 6.07 Å². The van der Waals surface area contributed by atoms with Crippen LogP contribution in [0.15, 0.2) is 35.1 Å². The maximum Gasteiger partial charge on any atom is 0.305 e. The first kappa shape index (κ1) is 14.1. The van der Waals surface area contributed by atoms with Crippen LogP contribution in [0.1, 0.15) is 26.2 Å². The summed E-state index contributed by atoms with van der Waals surface area (Å²) in [4.78, 5) is 25.5. The lowest BCUT2D eigenvalue weighted by atomic mass is 10.1. The van der Waals surface area contributed by atoms with Gasteiger partial charge in [0.1, 0.15) is 5.82 Å². The highest BCUT2D eigenvalue weighted by Crippen LogP contribution is 2.15. The van der Waals surface area contributed by atoms with Crippen LogP contribution < -0.4 is 10.9 Å². The number of fused-ring (bicyclic) bond motifs is 1. The second kappa shape index (κ2) is 6.23. The SMILES string of the molecule is CCCC(CC(=O)O)Nc1cc2ccccc2c(=O)[nH]1. The van der Waals surface area contributed by atoms with Gasteiger partial charge in [0, 0.05) is 11.4 Å². The van der Waals surface area contributed by atoms with E-state index < -0.39 is 5.97 Å². The van der Waals surface area contributed by atoms with Crippen molar-refractivity contribution in [1.82, 2.24) is 4.98 Å². The number of H-pyrrole nitrogens is 1. The summed E-state index contributed by atoms with van der Waals surface area (Å²) < 4.78 is 0. The van der Waals surface area contributed by atoms with Gasteiger partial charge in [-0.1, -0.05) is 31.5 Å². The highest BCUT2D eigenvalue weighted by Gasteiger charge is 2.13. The fourth-order valence-electron chi connectivity index (χ4n) is 2.29. The van der Waals surface area contributed by atoms with E-state index in [1.165, 1.54) is 0 Å². The second-order valence-corrected chi connectivity index (χ2v) is 4.83. The van der Waals surface area contributed by atoms with Crippen molar-refractivity contribution in [2.75, 3.05) is 5.32 Å². The molecular weight excluding hydrogens is 256 g/mol. The van der Waals surface area contributed by atoms with Crippen LogP contribution in [-0.4, -0.2) is 22.1 Å². The Balaban J connectivity index is 2.27. The number of hydrogen-bond donors (Lipinski definition) is 3. The number of aromatic nitrogens is 1. The zero-order valence-electron chi connectivity index (χ0n) is 11.3. The Morgan fingerprint density at radius 2 is 2.15 bits per heavy atom. The molecular formula is C15H18N2O3. The number of aliphatic carboxylic acids is 1. The Morgan fingerprint density at radius 1 is 1.40 bits per heavy atom. The minimum atomic E-state index is -0.848. The molecule has 0 aliphatic rings. The smallest absolute Gasteiger partial charge is 0.305 e. The molecule has 0 bridgehead atoms. The molecule has 106 valence electrons. The molecule has 0 radical (unpaired) electrons. The molecule has 1 aromatic carbocycles. The molecule has 0 saturated carbocycles. The van der Waals surface area contributed by atoms with Crippen molar-refractivity contribution < 1.29 is 9.90 Å². The number of carboxylic acids is 1. The van der Waals surface area contributed by atoms with E-state index in [9.17, 15) is 9.59 Å². The van der Waals surface area contributed by atoms with Crippen molar-refractivity contribution in [3.05, 3.63) is 40.7 Å². The van der Waals surface area contributed by atoms with Gasteiger partial charge in [0.25, 0.3) is 5.56 Å². The third kappa shape index (κ3) is 3.38. The first-order valence-electron chi connectivity index (χ1n) is 6.70. The van der Waals surface area contributed by atoms with Gasteiger partial charge in [0.2, 0.25) is 0 Å². The fourth-order valence-corrected chi connectivity index (χ4v) is 2.29. The Bertz CT molecular complexity index is 663. The van der Waals surface area contributed by atoms with Crippen LogP contribution in [0, 0.1) is 0 Å². The number of anilines is 1. The van der Waals surface area contributed by atoms with E-state index >= 15 is 0 Å². The molecule has 0 aliphatic heterocycles. The molecule has 1 unspecified atom stereocenters. The van der Waals surface area contributed by atoms with Crippen LogP contribution >= 0.6 is 0 Å². The van der Waals surface area contributed by atoms with Crippen LogP contribution in [0.4, 0.5) is 5.82 Å². The van der Waals surface area contributed by atoms with Gasteiger partial charge >= 0.3 is 5.97 Å². The Labute approximate surface area is 116 Å². The number of pyridine rings is 1. The van der Waals surface area contributed by atoms with E-state index in [4.69, 9.17) is 5.11 Å². The van der Waals surface area contributed by atoms with Crippen LogP contribution in [0.3, 0.4) is 0 Å². The van der Waals surface area contributed by atoms with Crippen LogP contribution in [-0.2, 0) is 4.79 Å². The Kier molecular flexibility index (Phi) is 4.40. The van der Waals surface area contributed by atoms with Gasteiger partial charge in [-0.25, -0.2) is 0 Å². The molecule has 0 aliphatic carbocycles. The number of rotatable bonds is 6. The van der Waals surface area contributed by atoms with Crippen LogP contribution in [0.5, 0.6) is 0 Å². The number of carbonyl (C=O) groups is 1. The van der Waals surface area contributed by atoms with E-state index in [-0.39, 0.29) is 18.0 Å². The number of nitrogens with one attached hydrogen (secondary N) is 2. The number of aromatic amines is 1. The normalized spacial score (nSPS) is 12.2. The van der Waals surface area contributed by atoms with Crippen molar-refractivity contribution in [3.63, 3.8) is 0 Å². The molecule has 3 N–H and O–H groups in total. The summed E-state index contributed by atoms with van der Waals surface area (Å²) in [6.07, 6.45) is 1.65. The Hall–Kier alpha value is -2.30. The third-order valence-electron chi connectivity index (χ3n) is 3.17.